The smallest absolute Gasteiger partial charge is 0.150 e. The molecule has 0 saturated heterocycles. The first-order valence-electron chi connectivity index (χ1n) is 5.51. The van der Waals surface area contributed by atoms with Gasteiger partial charge in [0.15, 0.2) is 9.84 Å². The molecule has 1 aromatic rings. The number of para-hydroxylation sites is 1. The van der Waals surface area contributed by atoms with E-state index in [1.165, 1.54) is 6.26 Å². The number of rotatable bonds is 6. The van der Waals surface area contributed by atoms with Crippen LogP contribution < -0.4 is 4.74 Å². The van der Waals surface area contributed by atoms with Gasteiger partial charge in [0.05, 0.1) is 11.9 Å². The molecule has 96 valence electrons. The van der Waals surface area contributed by atoms with E-state index in [9.17, 15) is 13.5 Å². The van der Waals surface area contributed by atoms with Crippen molar-refractivity contribution in [3.05, 3.63) is 29.8 Å². The van der Waals surface area contributed by atoms with Gasteiger partial charge in [-0.1, -0.05) is 25.1 Å². The van der Waals surface area contributed by atoms with Crippen molar-refractivity contribution in [1.82, 2.24) is 0 Å². The lowest BCUT2D eigenvalue weighted by molar-refractivity contribution is 0.168. The van der Waals surface area contributed by atoms with Crippen molar-refractivity contribution in [2.75, 3.05) is 18.6 Å². The Kier molecular flexibility index (Phi) is 4.96. The van der Waals surface area contributed by atoms with E-state index in [0.29, 0.717) is 17.7 Å². The van der Waals surface area contributed by atoms with Gasteiger partial charge in [0.25, 0.3) is 0 Å². The van der Waals surface area contributed by atoms with Crippen molar-refractivity contribution in [1.29, 1.82) is 0 Å². The number of aliphatic hydroxyl groups excluding tert-OH is 1. The summed E-state index contributed by atoms with van der Waals surface area (Å²) in [6, 6.07) is 7.12. The molecule has 0 radical (unpaired) electrons. The lowest BCUT2D eigenvalue weighted by Crippen LogP contribution is -2.13. The molecule has 0 fully saturated rings. The zero-order valence-electron chi connectivity index (χ0n) is 10.1. The summed E-state index contributed by atoms with van der Waals surface area (Å²) in [5, 5.41) is 9.77. The van der Waals surface area contributed by atoms with Gasteiger partial charge in [0.1, 0.15) is 12.4 Å². The Labute approximate surface area is 102 Å². The molecule has 4 nitrogen and oxygen atoms in total. The Morgan fingerprint density at radius 1 is 1.35 bits per heavy atom. The molecule has 0 aromatic heterocycles. The second-order valence-corrected chi connectivity index (χ2v) is 6.20. The standard InChI is InChI=1S/C12H18O4S/c1-3-11(13)10-6-4-5-7-12(10)16-8-9-17(2,14)15/h4-7,11,13H,3,8-9H2,1-2H3/t11-/m0/s1. The van der Waals surface area contributed by atoms with Crippen LogP contribution in [-0.4, -0.2) is 32.1 Å². The molecule has 0 bridgehead atoms. The summed E-state index contributed by atoms with van der Waals surface area (Å²) in [7, 11) is -3.02. The minimum atomic E-state index is -3.02. The fourth-order valence-corrected chi connectivity index (χ4v) is 1.80. The van der Waals surface area contributed by atoms with Crippen LogP contribution in [0.4, 0.5) is 0 Å². The highest BCUT2D eigenvalue weighted by atomic mass is 32.2. The van der Waals surface area contributed by atoms with Gasteiger partial charge >= 0.3 is 0 Å². The highest BCUT2D eigenvalue weighted by molar-refractivity contribution is 7.90. The first kappa shape index (κ1) is 14.0. The Morgan fingerprint density at radius 2 is 2.00 bits per heavy atom. The Bertz CT molecular complexity index is 453. The second kappa shape index (κ2) is 6.02. The van der Waals surface area contributed by atoms with Crippen LogP contribution in [0.15, 0.2) is 24.3 Å². The van der Waals surface area contributed by atoms with E-state index in [1.807, 2.05) is 13.0 Å². The lowest BCUT2D eigenvalue weighted by Gasteiger charge is -2.14. The molecule has 0 spiro atoms. The molecule has 0 amide bonds. The van der Waals surface area contributed by atoms with Crippen molar-refractivity contribution in [2.45, 2.75) is 19.4 Å². The van der Waals surface area contributed by atoms with Crippen LogP contribution in [0.2, 0.25) is 0 Å². The molecule has 1 atom stereocenters. The molecule has 1 rings (SSSR count). The van der Waals surface area contributed by atoms with Gasteiger partial charge in [-0.05, 0) is 12.5 Å². The molecule has 0 saturated carbocycles. The summed E-state index contributed by atoms with van der Waals surface area (Å²) in [4.78, 5) is 0. The quantitative estimate of drug-likeness (QED) is 0.841. The van der Waals surface area contributed by atoms with Crippen LogP contribution in [0.25, 0.3) is 0 Å². The maximum absolute atomic E-state index is 11.0. The summed E-state index contributed by atoms with van der Waals surface area (Å²) in [6.45, 7) is 1.98. The third-order valence-corrected chi connectivity index (χ3v) is 3.28. The number of hydrogen-bond donors (Lipinski definition) is 1. The highest BCUT2D eigenvalue weighted by Gasteiger charge is 2.11. The summed E-state index contributed by atoms with van der Waals surface area (Å²) >= 11 is 0. The molecule has 0 aliphatic rings. The average molecular weight is 258 g/mol. The molecule has 0 heterocycles. The Hall–Kier alpha value is -1.07. The van der Waals surface area contributed by atoms with E-state index in [2.05, 4.69) is 0 Å². The molecule has 5 heteroatoms. The molecule has 17 heavy (non-hydrogen) atoms. The van der Waals surface area contributed by atoms with E-state index in [4.69, 9.17) is 4.74 Å². The Balaban J connectivity index is 2.70. The summed E-state index contributed by atoms with van der Waals surface area (Å²) in [5.74, 6) is 0.523. The van der Waals surface area contributed by atoms with Crippen molar-refractivity contribution in [3.8, 4) is 5.75 Å². The van der Waals surface area contributed by atoms with Crippen LogP contribution in [0.1, 0.15) is 25.0 Å². The minimum Gasteiger partial charge on any atom is -0.492 e. The van der Waals surface area contributed by atoms with E-state index in [0.717, 1.165) is 0 Å². The van der Waals surface area contributed by atoms with Gasteiger partial charge in [0.2, 0.25) is 0 Å². The number of ether oxygens (including phenoxy) is 1. The van der Waals surface area contributed by atoms with Crippen LogP contribution in [0.3, 0.4) is 0 Å². The zero-order valence-corrected chi connectivity index (χ0v) is 10.9. The average Bonchev–Trinajstić information content (AvgIpc) is 2.27. The van der Waals surface area contributed by atoms with Crippen LogP contribution >= 0.6 is 0 Å². The second-order valence-electron chi connectivity index (χ2n) is 3.94. The maximum atomic E-state index is 11.0. The fourth-order valence-electron chi connectivity index (χ4n) is 1.41. The van der Waals surface area contributed by atoms with Crippen LogP contribution in [0, 0.1) is 0 Å². The maximum Gasteiger partial charge on any atom is 0.150 e. The van der Waals surface area contributed by atoms with E-state index in [1.54, 1.807) is 18.2 Å². The summed E-state index contributed by atoms with van der Waals surface area (Å²) in [6.07, 6.45) is 1.18. The van der Waals surface area contributed by atoms with Gasteiger partial charge in [-0.3, -0.25) is 0 Å². The molecule has 1 aromatic carbocycles. The minimum absolute atomic E-state index is 0.0243. The van der Waals surface area contributed by atoms with Gasteiger partial charge < -0.3 is 9.84 Å². The fraction of sp³-hybridized carbons (Fsp3) is 0.500. The van der Waals surface area contributed by atoms with E-state index in [-0.39, 0.29) is 12.4 Å². The number of hydrogen-bond acceptors (Lipinski definition) is 4. The highest BCUT2D eigenvalue weighted by Crippen LogP contribution is 2.26. The Morgan fingerprint density at radius 3 is 2.59 bits per heavy atom. The molecular weight excluding hydrogens is 240 g/mol. The van der Waals surface area contributed by atoms with Crippen molar-refractivity contribution in [2.24, 2.45) is 0 Å². The van der Waals surface area contributed by atoms with Gasteiger partial charge in [-0.15, -0.1) is 0 Å². The first-order chi connectivity index (χ1) is 7.94. The third-order valence-electron chi connectivity index (χ3n) is 2.38. The summed E-state index contributed by atoms with van der Waals surface area (Å²) in [5.41, 5.74) is 0.698. The molecule has 0 aliphatic carbocycles. The SMILES string of the molecule is CC[C@H](O)c1ccccc1OCCS(C)(=O)=O. The third kappa shape index (κ3) is 4.75. The van der Waals surface area contributed by atoms with Crippen molar-refractivity contribution < 1.29 is 18.3 Å². The monoisotopic (exact) mass is 258 g/mol. The molecular formula is C12H18O4S. The van der Waals surface area contributed by atoms with Gasteiger partial charge in [0, 0.05) is 11.8 Å². The number of benzene rings is 1. The predicted molar refractivity (Wildman–Crippen MR) is 66.9 cm³/mol. The lowest BCUT2D eigenvalue weighted by atomic mass is 10.1. The summed E-state index contributed by atoms with van der Waals surface area (Å²) < 4.78 is 27.3. The topological polar surface area (TPSA) is 63.6 Å². The molecule has 1 N–H and O–H groups in total. The van der Waals surface area contributed by atoms with Gasteiger partial charge in [-0.2, -0.15) is 0 Å². The molecule has 0 aliphatic heterocycles. The zero-order chi connectivity index (χ0) is 12.9. The van der Waals surface area contributed by atoms with Crippen molar-refractivity contribution >= 4 is 9.84 Å². The normalized spacial score (nSPS) is 13.4. The van der Waals surface area contributed by atoms with Crippen molar-refractivity contribution in [3.63, 3.8) is 0 Å². The van der Waals surface area contributed by atoms with Crippen LogP contribution in [-0.2, 0) is 9.84 Å². The molecule has 0 unspecified atom stereocenters. The van der Waals surface area contributed by atoms with Gasteiger partial charge in [-0.25, -0.2) is 8.42 Å². The first-order valence-corrected chi connectivity index (χ1v) is 7.57. The largest absolute Gasteiger partial charge is 0.492 e. The van der Waals surface area contributed by atoms with E-state index >= 15 is 0 Å². The number of aliphatic hydroxyl groups is 1. The predicted octanol–water partition coefficient (Wildman–Crippen LogP) is 1.55. The van der Waals surface area contributed by atoms with Crippen LogP contribution in [0.5, 0.6) is 5.75 Å². The number of sulfone groups is 1. The van der Waals surface area contributed by atoms with E-state index < -0.39 is 15.9 Å².